The molecule has 0 aliphatic heterocycles. The molecular weight excluding hydrogens is 370 g/mol. The van der Waals surface area contributed by atoms with Crippen LogP contribution in [0.3, 0.4) is 0 Å². The SMILES string of the molecule is OCCNCc1ccc(OC2CCc3c(-c4ccccc4)cccc32)c(Cl)c1. The van der Waals surface area contributed by atoms with Crippen molar-refractivity contribution in [1.29, 1.82) is 0 Å². The van der Waals surface area contributed by atoms with Gasteiger partial charge in [0.1, 0.15) is 11.9 Å². The molecule has 3 nitrogen and oxygen atoms in total. The van der Waals surface area contributed by atoms with Gasteiger partial charge in [0.25, 0.3) is 0 Å². The summed E-state index contributed by atoms with van der Waals surface area (Å²) in [6, 6.07) is 22.9. The van der Waals surface area contributed by atoms with Crippen molar-refractivity contribution < 1.29 is 9.84 Å². The smallest absolute Gasteiger partial charge is 0.138 e. The average molecular weight is 394 g/mol. The lowest BCUT2D eigenvalue weighted by molar-refractivity contribution is 0.207. The number of fused-ring (bicyclic) bond motifs is 1. The molecule has 0 bridgehead atoms. The molecule has 0 amide bonds. The van der Waals surface area contributed by atoms with E-state index < -0.39 is 0 Å². The van der Waals surface area contributed by atoms with Crippen LogP contribution < -0.4 is 10.1 Å². The fourth-order valence-electron chi connectivity index (χ4n) is 3.84. The molecule has 0 saturated heterocycles. The number of aliphatic hydroxyl groups is 1. The molecule has 1 aliphatic rings. The summed E-state index contributed by atoms with van der Waals surface area (Å²) in [4.78, 5) is 0. The van der Waals surface area contributed by atoms with Crippen LogP contribution in [0.2, 0.25) is 5.02 Å². The lowest BCUT2D eigenvalue weighted by Gasteiger charge is -2.17. The summed E-state index contributed by atoms with van der Waals surface area (Å²) in [5.74, 6) is 0.718. The Hall–Kier alpha value is -2.33. The quantitative estimate of drug-likeness (QED) is 0.545. The second kappa shape index (κ2) is 8.78. The van der Waals surface area contributed by atoms with Crippen molar-refractivity contribution in [3.8, 4) is 16.9 Å². The zero-order valence-corrected chi connectivity index (χ0v) is 16.5. The Bertz CT molecular complexity index is 943. The van der Waals surface area contributed by atoms with E-state index in [4.69, 9.17) is 21.4 Å². The van der Waals surface area contributed by atoms with Gasteiger partial charge in [-0.15, -0.1) is 0 Å². The van der Waals surface area contributed by atoms with Gasteiger partial charge in [0.15, 0.2) is 0 Å². The summed E-state index contributed by atoms with van der Waals surface area (Å²) in [6.45, 7) is 1.37. The van der Waals surface area contributed by atoms with E-state index in [2.05, 4.69) is 47.8 Å². The average Bonchev–Trinajstić information content (AvgIpc) is 3.14. The van der Waals surface area contributed by atoms with E-state index in [1.54, 1.807) is 0 Å². The van der Waals surface area contributed by atoms with Crippen LogP contribution in [0.1, 0.15) is 29.2 Å². The van der Waals surface area contributed by atoms with Crippen LogP contribution in [0.5, 0.6) is 5.75 Å². The zero-order valence-electron chi connectivity index (χ0n) is 15.7. The highest BCUT2D eigenvalue weighted by Gasteiger charge is 2.27. The molecule has 0 aromatic heterocycles. The molecule has 0 heterocycles. The van der Waals surface area contributed by atoms with Crippen LogP contribution in [0.15, 0.2) is 66.7 Å². The fourth-order valence-corrected chi connectivity index (χ4v) is 4.09. The van der Waals surface area contributed by atoms with Crippen molar-refractivity contribution in [1.82, 2.24) is 5.32 Å². The summed E-state index contributed by atoms with van der Waals surface area (Å²) in [6.07, 6.45) is 1.98. The standard InChI is InChI=1S/C24H24ClNO2/c25-22-15-17(16-26-13-14-27)9-11-24(22)28-23-12-10-20-19(7-4-8-21(20)23)18-5-2-1-3-6-18/h1-9,11,15,23,26-27H,10,12-14,16H2. The third kappa shape index (κ3) is 4.07. The number of benzene rings is 3. The number of ether oxygens (including phenoxy) is 1. The minimum Gasteiger partial charge on any atom is -0.484 e. The number of hydrogen-bond acceptors (Lipinski definition) is 3. The monoisotopic (exact) mass is 393 g/mol. The van der Waals surface area contributed by atoms with Crippen molar-refractivity contribution in [3.63, 3.8) is 0 Å². The first-order valence-electron chi connectivity index (χ1n) is 9.70. The summed E-state index contributed by atoms with van der Waals surface area (Å²) in [5, 5.41) is 12.6. The van der Waals surface area contributed by atoms with E-state index >= 15 is 0 Å². The van der Waals surface area contributed by atoms with E-state index in [1.807, 2.05) is 24.3 Å². The normalized spacial score (nSPS) is 15.4. The minimum atomic E-state index is 0.0227. The van der Waals surface area contributed by atoms with Crippen LogP contribution in [0, 0.1) is 0 Å². The third-order valence-corrected chi connectivity index (χ3v) is 5.48. The van der Waals surface area contributed by atoms with Gasteiger partial charge in [-0.05, 0) is 52.8 Å². The number of aliphatic hydroxyl groups excluding tert-OH is 1. The Balaban J connectivity index is 1.53. The molecule has 0 spiro atoms. The van der Waals surface area contributed by atoms with E-state index in [1.165, 1.54) is 22.3 Å². The molecule has 144 valence electrons. The Morgan fingerprint density at radius 1 is 1.04 bits per heavy atom. The summed E-state index contributed by atoms with van der Waals surface area (Å²) < 4.78 is 6.31. The van der Waals surface area contributed by atoms with Crippen molar-refractivity contribution in [3.05, 3.63) is 88.4 Å². The lowest BCUT2D eigenvalue weighted by atomic mass is 9.97. The largest absolute Gasteiger partial charge is 0.484 e. The van der Waals surface area contributed by atoms with Crippen LogP contribution >= 0.6 is 11.6 Å². The predicted octanol–water partition coefficient (Wildman–Crippen LogP) is 5.16. The van der Waals surface area contributed by atoms with Gasteiger partial charge in [0.05, 0.1) is 11.6 Å². The van der Waals surface area contributed by atoms with Gasteiger partial charge in [-0.3, -0.25) is 0 Å². The van der Waals surface area contributed by atoms with E-state index in [0.29, 0.717) is 18.1 Å². The van der Waals surface area contributed by atoms with Crippen LogP contribution in [-0.4, -0.2) is 18.3 Å². The van der Waals surface area contributed by atoms with Gasteiger partial charge < -0.3 is 15.2 Å². The maximum atomic E-state index is 8.87. The maximum Gasteiger partial charge on any atom is 0.138 e. The molecule has 1 unspecified atom stereocenters. The van der Waals surface area contributed by atoms with E-state index in [-0.39, 0.29) is 12.7 Å². The number of halogens is 1. The zero-order chi connectivity index (χ0) is 19.3. The number of hydrogen-bond donors (Lipinski definition) is 2. The van der Waals surface area contributed by atoms with Crippen LogP contribution in [0.25, 0.3) is 11.1 Å². The van der Waals surface area contributed by atoms with Gasteiger partial charge in [-0.2, -0.15) is 0 Å². The Kier molecular flexibility index (Phi) is 5.96. The first kappa shape index (κ1) is 19.0. The second-order valence-electron chi connectivity index (χ2n) is 7.05. The Morgan fingerprint density at radius 2 is 1.89 bits per heavy atom. The second-order valence-corrected chi connectivity index (χ2v) is 7.46. The molecule has 28 heavy (non-hydrogen) atoms. The molecule has 0 radical (unpaired) electrons. The highest BCUT2D eigenvalue weighted by molar-refractivity contribution is 6.32. The fraction of sp³-hybridized carbons (Fsp3) is 0.250. The molecule has 3 aromatic rings. The van der Waals surface area contributed by atoms with Gasteiger partial charge in [0.2, 0.25) is 0 Å². The minimum absolute atomic E-state index is 0.0227. The van der Waals surface area contributed by atoms with Gasteiger partial charge in [-0.25, -0.2) is 0 Å². The summed E-state index contributed by atoms with van der Waals surface area (Å²) in [7, 11) is 0. The van der Waals surface area contributed by atoms with Gasteiger partial charge >= 0.3 is 0 Å². The number of rotatable bonds is 7. The van der Waals surface area contributed by atoms with Crippen molar-refractivity contribution in [2.45, 2.75) is 25.5 Å². The Morgan fingerprint density at radius 3 is 2.68 bits per heavy atom. The molecule has 4 heteroatoms. The molecule has 1 atom stereocenters. The Labute approximate surface area is 170 Å². The third-order valence-electron chi connectivity index (χ3n) is 5.18. The molecule has 1 aliphatic carbocycles. The first-order chi connectivity index (χ1) is 13.8. The van der Waals surface area contributed by atoms with Crippen molar-refractivity contribution in [2.75, 3.05) is 13.2 Å². The van der Waals surface area contributed by atoms with E-state index in [0.717, 1.165) is 24.2 Å². The highest BCUT2D eigenvalue weighted by atomic mass is 35.5. The molecule has 0 fully saturated rings. The first-order valence-corrected chi connectivity index (χ1v) is 10.1. The molecular formula is C24H24ClNO2. The molecule has 0 saturated carbocycles. The van der Waals surface area contributed by atoms with Crippen molar-refractivity contribution >= 4 is 11.6 Å². The van der Waals surface area contributed by atoms with E-state index in [9.17, 15) is 0 Å². The van der Waals surface area contributed by atoms with Crippen molar-refractivity contribution in [2.24, 2.45) is 0 Å². The summed E-state index contributed by atoms with van der Waals surface area (Å²) in [5.41, 5.74) is 6.24. The van der Waals surface area contributed by atoms with Crippen LogP contribution in [-0.2, 0) is 13.0 Å². The molecule has 4 rings (SSSR count). The molecule has 3 aromatic carbocycles. The predicted molar refractivity (Wildman–Crippen MR) is 114 cm³/mol. The lowest BCUT2D eigenvalue weighted by Crippen LogP contribution is -2.17. The molecule has 2 N–H and O–H groups in total. The number of nitrogens with one attached hydrogen (secondary N) is 1. The highest BCUT2D eigenvalue weighted by Crippen LogP contribution is 2.41. The summed E-state index contributed by atoms with van der Waals surface area (Å²) >= 11 is 6.47. The van der Waals surface area contributed by atoms with Crippen LogP contribution in [0.4, 0.5) is 0 Å². The maximum absolute atomic E-state index is 8.87. The van der Waals surface area contributed by atoms with Gasteiger partial charge in [0, 0.05) is 13.1 Å². The van der Waals surface area contributed by atoms with Gasteiger partial charge in [-0.1, -0.05) is 66.2 Å². The topological polar surface area (TPSA) is 41.5 Å².